The van der Waals surface area contributed by atoms with Gasteiger partial charge in [-0.15, -0.1) is 0 Å². The molecule has 43 heavy (non-hydrogen) atoms. The first-order valence-electron chi connectivity index (χ1n) is 13.8. The van der Waals surface area contributed by atoms with Crippen LogP contribution >= 0.6 is 0 Å². The molecular formula is C32H34F3N3O5. The van der Waals surface area contributed by atoms with Crippen molar-refractivity contribution in [3.63, 3.8) is 0 Å². The van der Waals surface area contributed by atoms with Gasteiger partial charge >= 0.3 is 0 Å². The molecule has 1 aliphatic rings. The van der Waals surface area contributed by atoms with Crippen LogP contribution in [0, 0.1) is 18.2 Å². The lowest BCUT2D eigenvalue weighted by molar-refractivity contribution is -0.148. The average Bonchev–Trinajstić information content (AvgIpc) is 3.16. The zero-order valence-electron chi connectivity index (χ0n) is 24.0. The van der Waals surface area contributed by atoms with E-state index in [1.807, 2.05) is 0 Å². The molecule has 0 radical (unpaired) electrons. The predicted molar refractivity (Wildman–Crippen MR) is 153 cm³/mol. The van der Waals surface area contributed by atoms with E-state index < -0.39 is 59.6 Å². The fourth-order valence-corrected chi connectivity index (χ4v) is 5.26. The summed E-state index contributed by atoms with van der Waals surface area (Å²) in [7, 11) is 0. The first-order chi connectivity index (χ1) is 20.2. The van der Waals surface area contributed by atoms with Crippen molar-refractivity contribution in [1.82, 2.24) is 15.5 Å². The predicted octanol–water partition coefficient (Wildman–Crippen LogP) is 3.73. The number of hydrogen-bond acceptors (Lipinski definition) is 5. The van der Waals surface area contributed by atoms with Crippen LogP contribution in [0.2, 0.25) is 0 Å². The first kappa shape index (κ1) is 31.6. The molecule has 4 rings (SSSR count). The summed E-state index contributed by atoms with van der Waals surface area (Å²) >= 11 is 0. The molecule has 3 aromatic carbocycles. The fourth-order valence-electron chi connectivity index (χ4n) is 5.26. The number of likely N-dealkylation sites (tertiary alicyclic amines) is 1. The molecule has 3 atom stereocenters. The third-order valence-corrected chi connectivity index (χ3v) is 8.05. The number of halogens is 3. The van der Waals surface area contributed by atoms with Crippen molar-refractivity contribution in [2.45, 2.75) is 57.8 Å². The highest BCUT2D eigenvalue weighted by molar-refractivity contribution is 5.97. The van der Waals surface area contributed by atoms with E-state index in [0.29, 0.717) is 10.5 Å². The Morgan fingerprint density at radius 1 is 1.00 bits per heavy atom. The van der Waals surface area contributed by atoms with Gasteiger partial charge in [-0.05, 0) is 37.1 Å². The first-order valence-corrected chi connectivity index (χ1v) is 13.8. The van der Waals surface area contributed by atoms with Crippen molar-refractivity contribution in [1.29, 1.82) is 0 Å². The van der Waals surface area contributed by atoms with E-state index in [1.165, 1.54) is 43.3 Å². The molecule has 0 aliphatic carbocycles. The third kappa shape index (κ3) is 6.51. The zero-order chi connectivity index (χ0) is 31.5. The van der Waals surface area contributed by atoms with Crippen molar-refractivity contribution in [3.8, 4) is 5.75 Å². The Labute approximate surface area is 247 Å². The van der Waals surface area contributed by atoms with E-state index in [-0.39, 0.29) is 35.4 Å². The Hall–Kier alpha value is -4.38. The number of amides is 3. The maximum atomic E-state index is 15.3. The summed E-state index contributed by atoms with van der Waals surface area (Å²) in [6, 6.07) is 15.6. The number of hydrogen-bond donors (Lipinski definition) is 4. The van der Waals surface area contributed by atoms with E-state index >= 15 is 8.78 Å². The standard InChI is InChI=1S/C32H34F3N3O5/c1-19-22(13-9-15-25(19)39)28(41)37-24(16-20-10-5-4-6-11-20)26(40)30(43)38-18-32(34,35)31(2,3)27(38)29(42)36-17-21-12-7-8-14-23(21)33/h4-15,24,26-27,39-40H,16-18H2,1-3H3,(H,36,42)(H,37,41)/t24?,26-,27+/m0/s1. The van der Waals surface area contributed by atoms with Gasteiger partial charge in [0, 0.05) is 23.2 Å². The van der Waals surface area contributed by atoms with Crippen molar-refractivity contribution in [2.24, 2.45) is 5.41 Å². The Kier molecular flexibility index (Phi) is 9.15. The van der Waals surface area contributed by atoms with Gasteiger partial charge in [0.1, 0.15) is 17.6 Å². The molecule has 1 heterocycles. The van der Waals surface area contributed by atoms with Crippen molar-refractivity contribution >= 4 is 17.7 Å². The van der Waals surface area contributed by atoms with Crippen LogP contribution in [0.3, 0.4) is 0 Å². The van der Waals surface area contributed by atoms with E-state index in [0.717, 1.165) is 13.8 Å². The number of phenolic OH excluding ortho intramolecular Hbond substituents is 1. The second-order valence-corrected chi connectivity index (χ2v) is 11.3. The number of carbonyl (C=O) groups excluding carboxylic acids is 3. The van der Waals surface area contributed by atoms with Gasteiger partial charge in [0.25, 0.3) is 17.7 Å². The number of rotatable bonds is 9. The van der Waals surface area contributed by atoms with Crippen LogP contribution in [-0.2, 0) is 22.6 Å². The third-order valence-electron chi connectivity index (χ3n) is 8.05. The lowest BCUT2D eigenvalue weighted by Gasteiger charge is -2.34. The smallest absolute Gasteiger partial charge is 0.272 e. The van der Waals surface area contributed by atoms with Crippen LogP contribution in [0.25, 0.3) is 0 Å². The normalized spacial score (nSPS) is 18.5. The molecule has 4 N–H and O–H groups in total. The maximum Gasteiger partial charge on any atom is 0.272 e. The number of carbonyl (C=O) groups is 3. The summed E-state index contributed by atoms with van der Waals surface area (Å²) in [4.78, 5) is 40.9. The molecule has 1 aliphatic heterocycles. The number of aromatic hydroxyl groups is 1. The number of alkyl halides is 2. The summed E-state index contributed by atoms with van der Waals surface area (Å²) in [6.45, 7) is 2.37. The van der Waals surface area contributed by atoms with Crippen LogP contribution in [0.1, 0.15) is 40.9 Å². The van der Waals surface area contributed by atoms with Crippen molar-refractivity contribution in [2.75, 3.05) is 6.54 Å². The minimum absolute atomic E-state index is 0.0465. The number of aliphatic hydroxyl groups excluding tert-OH is 1. The maximum absolute atomic E-state index is 15.3. The number of nitrogens with one attached hydrogen (secondary N) is 2. The average molecular weight is 598 g/mol. The summed E-state index contributed by atoms with van der Waals surface area (Å²) in [5.41, 5.74) is -0.912. The summed E-state index contributed by atoms with van der Waals surface area (Å²) in [5, 5.41) is 26.4. The zero-order valence-corrected chi connectivity index (χ0v) is 24.0. The highest BCUT2D eigenvalue weighted by atomic mass is 19.3. The summed E-state index contributed by atoms with van der Waals surface area (Å²) in [5.74, 6) is -7.06. The SMILES string of the molecule is Cc1c(O)cccc1C(=O)NC(Cc1ccccc1)[C@H](O)C(=O)N1CC(F)(F)C(C)(C)[C@H]1C(=O)NCc1ccccc1F. The van der Waals surface area contributed by atoms with E-state index in [9.17, 15) is 29.0 Å². The molecule has 3 aromatic rings. The molecule has 1 fully saturated rings. The van der Waals surface area contributed by atoms with Crippen molar-refractivity contribution in [3.05, 3.63) is 101 Å². The summed E-state index contributed by atoms with van der Waals surface area (Å²) in [6.07, 6.45) is -2.07. The Balaban J connectivity index is 1.62. The second-order valence-electron chi connectivity index (χ2n) is 11.3. The Bertz CT molecular complexity index is 1500. The molecule has 0 spiro atoms. The van der Waals surface area contributed by atoms with Gasteiger partial charge < -0.3 is 25.7 Å². The van der Waals surface area contributed by atoms with Crippen LogP contribution in [0.4, 0.5) is 13.2 Å². The van der Waals surface area contributed by atoms with Crippen molar-refractivity contribution < 1.29 is 37.8 Å². The van der Waals surface area contributed by atoms with Gasteiger partial charge in [0.2, 0.25) is 5.91 Å². The molecule has 0 aromatic heterocycles. The molecule has 1 saturated heterocycles. The van der Waals surface area contributed by atoms with Gasteiger partial charge in [0.05, 0.1) is 18.0 Å². The van der Waals surface area contributed by atoms with Gasteiger partial charge in [-0.1, -0.05) is 68.4 Å². The van der Waals surface area contributed by atoms with Crippen LogP contribution in [0.15, 0.2) is 72.8 Å². The molecule has 11 heteroatoms. The quantitative estimate of drug-likeness (QED) is 0.300. The largest absolute Gasteiger partial charge is 0.508 e. The Morgan fingerprint density at radius 3 is 2.33 bits per heavy atom. The lowest BCUT2D eigenvalue weighted by atomic mass is 9.81. The van der Waals surface area contributed by atoms with Gasteiger partial charge in [-0.2, -0.15) is 0 Å². The van der Waals surface area contributed by atoms with E-state index in [1.54, 1.807) is 36.4 Å². The molecule has 228 valence electrons. The number of phenols is 1. The monoisotopic (exact) mass is 597 g/mol. The second kappa shape index (κ2) is 12.5. The fraction of sp³-hybridized carbons (Fsp3) is 0.344. The van der Waals surface area contributed by atoms with Gasteiger partial charge in [-0.3, -0.25) is 14.4 Å². The summed E-state index contributed by atoms with van der Waals surface area (Å²) < 4.78 is 44.7. The highest BCUT2D eigenvalue weighted by Crippen LogP contribution is 2.48. The molecular weight excluding hydrogens is 563 g/mol. The molecule has 1 unspecified atom stereocenters. The molecule has 8 nitrogen and oxygen atoms in total. The van der Waals surface area contributed by atoms with Gasteiger partial charge in [-0.25, -0.2) is 13.2 Å². The van der Waals surface area contributed by atoms with Crippen LogP contribution < -0.4 is 10.6 Å². The number of aliphatic hydroxyl groups is 1. The van der Waals surface area contributed by atoms with Gasteiger partial charge in [0.15, 0.2) is 6.10 Å². The van der Waals surface area contributed by atoms with E-state index in [4.69, 9.17) is 0 Å². The number of nitrogens with zero attached hydrogens (tertiary/aromatic N) is 1. The minimum atomic E-state index is -3.51. The highest BCUT2D eigenvalue weighted by Gasteiger charge is 2.64. The van der Waals surface area contributed by atoms with Crippen LogP contribution in [0.5, 0.6) is 5.75 Å². The number of benzene rings is 3. The molecule has 3 amide bonds. The minimum Gasteiger partial charge on any atom is -0.508 e. The Morgan fingerprint density at radius 2 is 1.65 bits per heavy atom. The van der Waals surface area contributed by atoms with E-state index in [2.05, 4.69) is 10.6 Å². The molecule has 0 bridgehead atoms. The molecule has 0 saturated carbocycles. The lowest BCUT2D eigenvalue weighted by Crippen LogP contribution is -2.57. The topological polar surface area (TPSA) is 119 Å². The van der Waals surface area contributed by atoms with Crippen LogP contribution in [-0.4, -0.2) is 63.5 Å².